The van der Waals surface area contributed by atoms with Crippen molar-refractivity contribution in [1.29, 1.82) is 0 Å². The molecular weight excluding hydrogens is 370 g/mol. The summed E-state index contributed by atoms with van der Waals surface area (Å²) in [6.07, 6.45) is 2.41. The summed E-state index contributed by atoms with van der Waals surface area (Å²) in [6.45, 7) is 4.58. The number of anilines is 1. The highest BCUT2D eigenvalue weighted by Crippen LogP contribution is 2.36. The van der Waals surface area contributed by atoms with Crippen molar-refractivity contribution in [3.8, 4) is 0 Å². The molecular formula is C22H25N3O2S. The molecule has 0 aromatic heterocycles. The maximum Gasteiger partial charge on any atom is 0.251 e. The molecule has 2 unspecified atom stereocenters. The predicted molar refractivity (Wildman–Crippen MR) is 113 cm³/mol. The van der Waals surface area contributed by atoms with Crippen LogP contribution in [0.1, 0.15) is 41.7 Å². The first-order valence-electron chi connectivity index (χ1n) is 9.80. The molecule has 0 bridgehead atoms. The predicted octanol–water partition coefficient (Wildman–Crippen LogP) is 3.69. The Morgan fingerprint density at radius 1 is 1.21 bits per heavy atom. The van der Waals surface area contributed by atoms with Gasteiger partial charge in [0.1, 0.15) is 0 Å². The number of amides is 2. The van der Waals surface area contributed by atoms with Crippen molar-refractivity contribution in [2.45, 2.75) is 36.0 Å². The average molecular weight is 396 g/mol. The van der Waals surface area contributed by atoms with Crippen LogP contribution in [-0.4, -0.2) is 41.6 Å². The van der Waals surface area contributed by atoms with Gasteiger partial charge in [-0.15, -0.1) is 11.8 Å². The lowest BCUT2D eigenvalue weighted by Gasteiger charge is -2.28. The number of fused-ring (bicyclic) bond motifs is 1. The monoisotopic (exact) mass is 395 g/mol. The van der Waals surface area contributed by atoms with E-state index in [0.717, 1.165) is 23.7 Å². The van der Waals surface area contributed by atoms with E-state index in [2.05, 4.69) is 27.7 Å². The summed E-state index contributed by atoms with van der Waals surface area (Å²) in [4.78, 5) is 28.1. The van der Waals surface area contributed by atoms with Gasteiger partial charge in [0.2, 0.25) is 5.91 Å². The van der Waals surface area contributed by atoms with E-state index in [1.807, 2.05) is 37.3 Å². The number of carbonyl (C=O) groups excluding carboxylic acids is 2. The number of hydrogen-bond acceptors (Lipinski definition) is 4. The van der Waals surface area contributed by atoms with Crippen LogP contribution in [0, 0.1) is 0 Å². The van der Waals surface area contributed by atoms with Crippen LogP contribution in [0.25, 0.3) is 0 Å². The van der Waals surface area contributed by atoms with E-state index in [0.29, 0.717) is 12.1 Å². The van der Waals surface area contributed by atoms with Gasteiger partial charge in [0, 0.05) is 17.0 Å². The molecule has 5 nitrogen and oxygen atoms in total. The van der Waals surface area contributed by atoms with E-state index < -0.39 is 0 Å². The fourth-order valence-corrected chi connectivity index (χ4v) is 4.76. The summed E-state index contributed by atoms with van der Waals surface area (Å²) in [7, 11) is 0. The fraction of sp³-hybridized carbons (Fsp3) is 0.364. The molecule has 2 N–H and O–H groups in total. The quantitative estimate of drug-likeness (QED) is 0.811. The van der Waals surface area contributed by atoms with Crippen molar-refractivity contribution in [3.05, 3.63) is 59.7 Å². The molecule has 2 atom stereocenters. The van der Waals surface area contributed by atoms with Gasteiger partial charge in [-0.05, 0) is 56.6 Å². The number of rotatable bonds is 5. The highest BCUT2D eigenvalue weighted by molar-refractivity contribution is 8.00. The van der Waals surface area contributed by atoms with Crippen LogP contribution in [0.5, 0.6) is 0 Å². The normalized spacial score (nSPS) is 20.3. The Labute approximate surface area is 169 Å². The zero-order valence-electron chi connectivity index (χ0n) is 16.0. The van der Waals surface area contributed by atoms with Gasteiger partial charge in [0.15, 0.2) is 0 Å². The van der Waals surface area contributed by atoms with Crippen molar-refractivity contribution in [1.82, 2.24) is 10.2 Å². The van der Waals surface area contributed by atoms with Crippen LogP contribution < -0.4 is 10.6 Å². The Morgan fingerprint density at radius 2 is 1.96 bits per heavy atom. The summed E-state index contributed by atoms with van der Waals surface area (Å²) >= 11 is 1.52. The number of benzene rings is 2. The van der Waals surface area contributed by atoms with E-state index in [1.54, 1.807) is 6.07 Å². The topological polar surface area (TPSA) is 61.4 Å². The SMILES string of the molecule is CC1Sc2ccc(C(=O)NCC(c3ccccc3)N3CCCC3)cc2NC1=O. The molecule has 2 aliphatic heterocycles. The van der Waals surface area contributed by atoms with Gasteiger partial charge >= 0.3 is 0 Å². The average Bonchev–Trinajstić information content (AvgIpc) is 3.24. The Bertz CT molecular complexity index is 865. The lowest BCUT2D eigenvalue weighted by Crippen LogP contribution is -2.36. The third-order valence-corrected chi connectivity index (χ3v) is 6.57. The van der Waals surface area contributed by atoms with Gasteiger partial charge in [-0.2, -0.15) is 0 Å². The highest BCUT2D eigenvalue weighted by Gasteiger charge is 2.26. The summed E-state index contributed by atoms with van der Waals surface area (Å²) in [5.41, 5.74) is 2.52. The molecule has 2 aromatic rings. The Kier molecular flexibility index (Phi) is 5.69. The number of likely N-dealkylation sites (tertiary alicyclic amines) is 1. The highest BCUT2D eigenvalue weighted by atomic mass is 32.2. The molecule has 2 heterocycles. The smallest absolute Gasteiger partial charge is 0.251 e. The maximum atomic E-state index is 12.8. The molecule has 146 valence electrons. The first-order chi connectivity index (χ1) is 13.6. The number of hydrogen-bond donors (Lipinski definition) is 2. The Morgan fingerprint density at radius 3 is 2.71 bits per heavy atom. The van der Waals surface area contributed by atoms with Gasteiger partial charge in [-0.3, -0.25) is 14.5 Å². The molecule has 2 amide bonds. The lowest BCUT2D eigenvalue weighted by molar-refractivity contribution is -0.115. The van der Waals surface area contributed by atoms with Crippen LogP contribution >= 0.6 is 11.8 Å². The first kappa shape index (κ1) is 19.0. The Balaban J connectivity index is 1.47. The zero-order valence-corrected chi connectivity index (χ0v) is 16.8. The van der Waals surface area contributed by atoms with E-state index in [1.165, 1.54) is 30.2 Å². The molecule has 1 fully saturated rings. The van der Waals surface area contributed by atoms with Crippen LogP contribution in [0.15, 0.2) is 53.4 Å². The van der Waals surface area contributed by atoms with Crippen LogP contribution in [0.2, 0.25) is 0 Å². The van der Waals surface area contributed by atoms with Gasteiger partial charge < -0.3 is 10.6 Å². The summed E-state index contributed by atoms with van der Waals surface area (Å²) in [6, 6.07) is 16.1. The van der Waals surface area contributed by atoms with E-state index in [9.17, 15) is 9.59 Å². The zero-order chi connectivity index (χ0) is 19.5. The first-order valence-corrected chi connectivity index (χ1v) is 10.7. The number of nitrogens with one attached hydrogen (secondary N) is 2. The molecule has 4 rings (SSSR count). The maximum absolute atomic E-state index is 12.8. The molecule has 0 aliphatic carbocycles. The number of thioether (sulfide) groups is 1. The second kappa shape index (κ2) is 8.37. The molecule has 6 heteroatoms. The molecule has 1 saturated heterocycles. The van der Waals surface area contributed by atoms with Crippen LogP contribution in [-0.2, 0) is 4.79 Å². The third-order valence-electron chi connectivity index (χ3n) is 5.39. The van der Waals surface area contributed by atoms with Crippen molar-refractivity contribution in [3.63, 3.8) is 0 Å². The molecule has 0 spiro atoms. The van der Waals surface area contributed by atoms with E-state index >= 15 is 0 Å². The number of nitrogens with zero attached hydrogens (tertiary/aromatic N) is 1. The molecule has 2 aromatic carbocycles. The summed E-state index contributed by atoms with van der Waals surface area (Å²) < 4.78 is 0. The lowest BCUT2D eigenvalue weighted by atomic mass is 10.1. The van der Waals surface area contributed by atoms with E-state index in [4.69, 9.17) is 0 Å². The van der Waals surface area contributed by atoms with Crippen molar-refractivity contribution in [2.24, 2.45) is 0 Å². The van der Waals surface area contributed by atoms with Crippen molar-refractivity contribution < 1.29 is 9.59 Å². The second-order valence-corrected chi connectivity index (χ2v) is 8.72. The minimum absolute atomic E-state index is 0.0202. The minimum Gasteiger partial charge on any atom is -0.350 e. The summed E-state index contributed by atoms with van der Waals surface area (Å²) in [5, 5.41) is 5.88. The molecule has 2 aliphatic rings. The molecule has 28 heavy (non-hydrogen) atoms. The minimum atomic E-state index is -0.112. The van der Waals surface area contributed by atoms with Gasteiger partial charge in [-0.25, -0.2) is 0 Å². The van der Waals surface area contributed by atoms with Gasteiger partial charge in [-0.1, -0.05) is 30.3 Å². The second-order valence-electron chi connectivity index (χ2n) is 7.34. The standard InChI is InChI=1S/C22H25N3O2S/c1-15-21(26)24-18-13-17(9-10-20(18)28-15)22(27)23-14-19(25-11-5-6-12-25)16-7-3-2-4-8-16/h2-4,7-10,13,15,19H,5-6,11-12,14H2,1H3,(H,23,27)(H,24,26). The summed E-state index contributed by atoms with van der Waals surface area (Å²) in [5.74, 6) is -0.131. The van der Waals surface area contributed by atoms with Crippen LogP contribution in [0.3, 0.4) is 0 Å². The van der Waals surface area contributed by atoms with E-state index in [-0.39, 0.29) is 23.1 Å². The molecule has 0 radical (unpaired) electrons. The van der Waals surface area contributed by atoms with Gasteiger partial charge in [0.25, 0.3) is 5.91 Å². The largest absolute Gasteiger partial charge is 0.350 e. The van der Waals surface area contributed by atoms with Crippen LogP contribution in [0.4, 0.5) is 5.69 Å². The van der Waals surface area contributed by atoms with Gasteiger partial charge in [0.05, 0.1) is 17.0 Å². The van der Waals surface area contributed by atoms with Crippen molar-refractivity contribution >= 4 is 29.3 Å². The Hall–Kier alpha value is -2.31. The fourth-order valence-electron chi connectivity index (χ4n) is 3.83. The number of carbonyl (C=O) groups is 2. The molecule has 0 saturated carbocycles. The third kappa shape index (κ3) is 4.08. The van der Waals surface area contributed by atoms with Crippen molar-refractivity contribution in [2.75, 3.05) is 25.0 Å².